The fourth-order valence-electron chi connectivity index (χ4n) is 2.25. The van der Waals surface area contributed by atoms with Gasteiger partial charge in [-0.1, -0.05) is 6.07 Å². The Bertz CT molecular complexity index is 611. The Morgan fingerprint density at radius 3 is 2.75 bits per heavy atom. The zero-order valence-electron chi connectivity index (χ0n) is 12.6. The molecule has 0 bridgehead atoms. The Morgan fingerprint density at radius 1 is 1.25 bits per heavy atom. The molecule has 0 aliphatic rings. The van der Waals surface area contributed by atoms with Crippen LogP contribution in [0.1, 0.15) is 39.2 Å². The Hall–Kier alpha value is -1.79. The summed E-state index contributed by atoms with van der Waals surface area (Å²) in [5.41, 5.74) is 2.70. The van der Waals surface area contributed by atoms with Crippen molar-refractivity contribution in [1.82, 2.24) is 9.88 Å². The van der Waals surface area contributed by atoms with E-state index in [9.17, 15) is 0 Å². The van der Waals surface area contributed by atoms with E-state index < -0.39 is 0 Å². The third-order valence-electron chi connectivity index (χ3n) is 3.35. The van der Waals surface area contributed by atoms with Gasteiger partial charge in [0.1, 0.15) is 0 Å². The zero-order chi connectivity index (χ0) is 14.6. The molecular formula is C17H23N3. The van der Waals surface area contributed by atoms with Gasteiger partial charge in [0.05, 0.1) is 6.07 Å². The fraction of sp³-hybridized carbons (Fsp3) is 0.471. The highest BCUT2D eigenvalue weighted by atomic mass is 15.0. The van der Waals surface area contributed by atoms with Crippen molar-refractivity contribution in [2.45, 2.75) is 52.2 Å². The summed E-state index contributed by atoms with van der Waals surface area (Å²) in [6.07, 6.45) is 3.64. The van der Waals surface area contributed by atoms with Gasteiger partial charge < -0.3 is 9.88 Å². The van der Waals surface area contributed by atoms with Crippen molar-refractivity contribution in [2.24, 2.45) is 0 Å². The molecule has 1 aromatic heterocycles. The Morgan fingerprint density at radius 2 is 2.05 bits per heavy atom. The smallest absolute Gasteiger partial charge is 0.0622 e. The zero-order valence-corrected chi connectivity index (χ0v) is 12.6. The topological polar surface area (TPSA) is 40.8 Å². The first-order valence-corrected chi connectivity index (χ1v) is 7.19. The Balaban J connectivity index is 2.10. The van der Waals surface area contributed by atoms with Crippen LogP contribution in [0.4, 0.5) is 0 Å². The van der Waals surface area contributed by atoms with Crippen molar-refractivity contribution >= 4 is 10.9 Å². The molecule has 0 radical (unpaired) electrons. The number of nitrogens with zero attached hydrogens (tertiary/aromatic N) is 2. The molecule has 1 aromatic carbocycles. The van der Waals surface area contributed by atoms with Crippen LogP contribution in [0.5, 0.6) is 0 Å². The van der Waals surface area contributed by atoms with E-state index in [1.165, 1.54) is 16.5 Å². The maximum Gasteiger partial charge on any atom is 0.0622 e. The molecule has 0 aliphatic carbocycles. The Kier molecular flexibility index (Phi) is 4.46. The van der Waals surface area contributed by atoms with Gasteiger partial charge in [-0.3, -0.25) is 0 Å². The molecule has 106 valence electrons. The maximum atomic E-state index is 8.60. The molecule has 0 amide bonds. The van der Waals surface area contributed by atoms with Crippen molar-refractivity contribution in [2.75, 3.05) is 0 Å². The minimum absolute atomic E-state index is 0.137. The average molecular weight is 269 g/mol. The van der Waals surface area contributed by atoms with E-state index in [0.717, 1.165) is 19.5 Å². The van der Waals surface area contributed by atoms with E-state index in [1.807, 2.05) is 0 Å². The predicted octanol–water partition coefficient (Wildman–Crippen LogP) is 3.83. The number of aryl methyl sites for hydroxylation is 1. The molecule has 2 aromatic rings. The number of hydrogen-bond donors (Lipinski definition) is 1. The summed E-state index contributed by atoms with van der Waals surface area (Å²) in [5.74, 6) is 0. The molecule has 3 heteroatoms. The van der Waals surface area contributed by atoms with Crippen LogP contribution in [0.2, 0.25) is 0 Å². The van der Waals surface area contributed by atoms with E-state index in [4.69, 9.17) is 5.26 Å². The number of fused-ring (bicyclic) bond motifs is 1. The molecule has 2 rings (SSSR count). The van der Waals surface area contributed by atoms with Crippen molar-refractivity contribution in [3.05, 3.63) is 36.0 Å². The number of benzene rings is 1. The molecule has 0 spiro atoms. The monoisotopic (exact) mass is 269 g/mol. The number of aromatic nitrogens is 1. The van der Waals surface area contributed by atoms with Crippen LogP contribution in [0.3, 0.4) is 0 Å². The lowest BCUT2D eigenvalue weighted by Gasteiger charge is -2.20. The first-order valence-electron chi connectivity index (χ1n) is 7.19. The van der Waals surface area contributed by atoms with Crippen molar-refractivity contribution in [1.29, 1.82) is 5.26 Å². The van der Waals surface area contributed by atoms with E-state index in [2.05, 4.69) is 67.2 Å². The minimum atomic E-state index is 0.137. The van der Waals surface area contributed by atoms with Gasteiger partial charge in [0.2, 0.25) is 0 Å². The molecule has 0 saturated heterocycles. The molecule has 0 fully saturated rings. The summed E-state index contributed by atoms with van der Waals surface area (Å²) in [7, 11) is 0. The molecule has 0 saturated carbocycles. The summed E-state index contributed by atoms with van der Waals surface area (Å²) in [6.45, 7) is 8.33. The van der Waals surface area contributed by atoms with Crippen molar-refractivity contribution in [3.8, 4) is 6.07 Å². The van der Waals surface area contributed by atoms with E-state index in [0.29, 0.717) is 6.42 Å². The average Bonchev–Trinajstić information content (AvgIpc) is 2.79. The second-order valence-corrected chi connectivity index (χ2v) is 6.27. The van der Waals surface area contributed by atoms with Crippen LogP contribution in [0.15, 0.2) is 30.5 Å². The quantitative estimate of drug-likeness (QED) is 0.838. The van der Waals surface area contributed by atoms with Crippen LogP contribution in [-0.4, -0.2) is 10.1 Å². The second kappa shape index (κ2) is 6.11. The number of rotatable bonds is 5. The van der Waals surface area contributed by atoms with Gasteiger partial charge in [0, 0.05) is 36.8 Å². The standard InChI is InChI=1S/C17H23N3/c1-17(2,3)19-13-14-6-7-16-15(12-14)8-11-20(16)10-5-4-9-18/h6-8,11-12,19H,4-5,10,13H2,1-3H3. The number of unbranched alkanes of at least 4 members (excludes halogenated alkanes) is 1. The number of nitrogens with one attached hydrogen (secondary N) is 1. The normalized spacial score (nSPS) is 11.7. The molecule has 1 heterocycles. The first-order chi connectivity index (χ1) is 9.49. The highest BCUT2D eigenvalue weighted by molar-refractivity contribution is 5.80. The lowest BCUT2D eigenvalue weighted by molar-refractivity contribution is 0.424. The van der Waals surface area contributed by atoms with Gasteiger partial charge in [-0.2, -0.15) is 5.26 Å². The van der Waals surface area contributed by atoms with Crippen LogP contribution < -0.4 is 5.32 Å². The van der Waals surface area contributed by atoms with Gasteiger partial charge in [0.25, 0.3) is 0 Å². The summed E-state index contributed by atoms with van der Waals surface area (Å²) in [6, 6.07) is 11.0. The van der Waals surface area contributed by atoms with Crippen LogP contribution in [0.25, 0.3) is 10.9 Å². The lowest BCUT2D eigenvalue weighted by Crippen LogP contribution is -2.35. The minimum Gasteiger partial charge on any atom is -0.347 e. The molecular weight excluding hydrogens is 246 g/mol. The van der Waals surface area contributed by atoms with Crippen LogP contribution in [0, 0.1) is 11.3 Å². The van der Waals surface area contributed by atoms with Gasteiger partial charge in [0.15, 0.2) is 0 Å². The first kappa shape index (κ1) is 14.6. The van der Waals surface area contributed by atoms with Crippen molar-refractivity contribution in [3.63, 3.8) is 0 Å². The van der Waals surface area contributed by atoms with Crippen molar-refractivity contribution < 1.29 is 0 Å². The van der Waals surface area contributed by atoms with E-state index in [-0.39, 0.29) is 5.54 Å². The van der Waals surface area contributed by atoms with Gasteiger partial charge in [-0.15, -0.1) is 0 Å². The van der Waals surface area contributed by atoms with Crippen LogP contribution in [-0.2, 0) is 13.1 Å². The number of hydrogen-bond acceptors (Lipinski definition) is 2. The van der Waals surface area contributed by atoms with E-state index >= 15 is 0 Å². The third kappa shape index (κ3) is 3.85. The van der Waals surface area contributed by atoms with Crippen LogP contribution >= 0.6 is 0 Å². The largest absolute Gasteiger partial charge is 0.347 e. The van der Waals surface area contributed by atoms with Gasteiger partial charge >= 0.3 is 0 Å². The Labute approximate surface area is 121 Å². The summed E-state index contributed by atoms with van der Waals surface area (Å²) in [4.78, 5) is 0. The van der Waals surface area contributed by atoms with Gasteiger partial charge in [-0.25, -0.2) is 0 Å². The third-order valence-corrected chi connectivity index (χ3v) is 3.35. The molecule has 0 unspecified atom stereocenters. The molecule has 20 heavy (non-hydrogen) atoms. The summed E-state index contributed by atoms with van der Waals surface area (Å²) in [5, 5.41) is 13.4. The lowest BCUT2D eigenvalue weighted by atomic mass is 10.1. The summed E-state index contributed by atoms with van der Waals surface area (Å²) < 4.78 is 2.23. The van der Waals surface area contributed by atoms with Gasteiger partial charge in [-0.05, 0) is 56.3 Å². The molecule has 0 atom stereocenters. The molecule has 3 nitrogen and oxygen atoms in total. The SMILES string of the molecule is CC(C)(C)NCc1ccc2c(ccn2CCCC#N)c1. The second-order valence-electron chi connectivity index (χ2n) is 6.27. The number of nitriles is 1. The highest BCUT2D eigenvalue weighted by Crippen LogP contribution is 2.19. The molecule has 1 N–H and O–H groups in total. The highest BCUT2D eigenvalue weighted by Gasteiger charge is 2.09. The summed E-state index contributed by atoms with van der Waals surface area (Å²) >= 11 is 0. The van der Waals surface area contributed by atoms with E-state index in [1.54, 1.807) is 0 Å². The fourth-order valence-corrected chi connectivity index (χ4v) is 2.25. The molecule has 0 aliphatic heterocycles. The maximum absolute atomic E-state index is 8.60. The predicted molar refractivity (Wildman–Crippen MR) is 83.4 cm³/mol.